The number of amides is 1. The Labute approximate surface area is 106 Å². The Morgan fingerprint density at radius 1 is 1.29 bits per heavy atom. The zero-order chi connectivity index (χ0) is 12.3. The molecule has 2 heterocycles. The summed E-state index contributed by atoms with van der Waals surface area (Å²) >= 11 is 3.24. The summed E-state index contributed by atoms with van der Waals surface area (Å²) < 4.78 is 0.822. The van der Waals surface area contributed by atoms with Crippen molar-refractivity contribution < 1.29 is 9.90 Å². The molecule has 0 aliphatic rings. The van der Waals surface area contributed by atoms with Gasteiger partial charge in [-0.05, 0) is 34.1 Å². The first-order valence-corrected chi connectivity index (χ1v) is 5.52. The lowest BCUT2D eigenvalue weighted by atomic mass is 10.2. The minimum absolute atomic E-state index is 0.157. The fourth-order valence-electron chi connectivity index (χ4n) is 1.21. The van der Waals surface area contributed by atoms with Gasteiger partial charge >= 0.3 is 0 Å². The molecular weight excluding hydrogens is 286 g/mol. The first-order chi connectivity index (χ1) is 8.16. The average Bonchev–Trinajstić information content (AvgIpc) is 2.32. The second kappa shape index (κ2) is 4.92. The van der Waals surface area contributed by atoms with E-state index in [1.54, 1.807) is 18.3 Å². The number of carbonyl (C=O) groups excluding carboxylic acids is 1. The SMILES string of the molecule is O=C(Nc1ccc(Br)cn1)c1ccncc1O. The highest BCUT2D eigenvalue weighted by Gasteiger charge is 2.11. The van der Waals surface area contributed by atoms with E-state index in [-0.39, 0.29) is 11.3 Å². The lowest BCUT2D eigenvalue weighted by molar-refractivity contribution is 0.102. The summed E-state index contributed by atoms with van der Waals surface area (Å²) in [5.74, 6) is -0.184. The van der Waals surface area contributed by atoms with Gasteiger partial charge in [-0.3, -0.25) is 9.78 Å². The summed E-state index contributed by atoms with van der Waals surface area (Å²) in [5.41, 5.74) is 0.157. The van der Waals surface area contributed by atoms with Crippen LogP contribution in [0, 0.1) is 0 Å². The smallest absolute Gasteiger partial charge is 0.260 e. The van der Waals surface area contributed by atoms with Crippen LogP contribution in [0.4, 0.5) is 5.82 Å². The summed E-state index contributed by atoms with van der Waals surface area (Å²) in [6.07, 6.45) is 4.22. The summed E-state index contributed by atoms with van der Waals surface area (Å²) in [6, 6.07) is 4.85. The highest BCUT2D eigenvalue weighted by atomic mass is 79.9. The Bertz CT molecular complexity index is 543. The van der Waals surface area contributed by atoms with E-state index in [1.807, 2.05) is 0 Å². The monoisotopic (exact) mass is 293 g/mol. The second-order valence-corrected chi connectivity index (χ2v) is 4.12. The molecule has 0 radical (unpaired) electrons. The van der Waals surface area contributed by atoms with Crippen LogP contribution in [0.2, 0.25) is 0 Å². The number of hydrogen-bond donors (Lipinski definition) is 2. The number of halogens is 1. The number of carbonyl (C=O) groups is 1. The molecule has 86 valence electrons. The van der Waals surface area contributed by atoms with E-state index in [2.05, 4.69) is 31.2 Å². The molecule has 2 rings (SSSR count). The van der Waals surface area contributed by atoms with E-state index in [1.165, 1.54) is 18.5 Å². The van der Waals surface area contributed by atoms with Crippen molar-refractivity contribution in [3.63, 3.8) is 0 Å². The molecule has 0 saturated heterocycles. The zero-order valence-electron chi connectivity index (χ0n) is 8.59. The van der Waals surface area contributed by atoms with Crippen LogP contribution in [0.15, 0.2) is 41.3 Å². The first-order valence-electron chi connectivity index (χ1n) is 4.72. The third-order valence-corrected chi connectivity index (χ3v) is 2.48. The van der Waals surface area contributed by atoms with Crippen molar-refractivity contribution >= 4 is 27.7 Å². The summed E-state index contributed by atoms with van der Waals surface area (Å²) in [7, 11) is 0. The van der Waals surface area contributed by atoms with Crippen molar-refractivity contribution in [3.8, 4) is 5.75 Å². The van der Waals surface area contributed by atoms with Gasteiger partial charge in [0.25, 0.3) is 5.91 Å². The van der Waals surface area contributed by atoms with Crippen LogP contribution in [-0.2, 0) is 0 Å². The molecule has 1 amide bonds. The standard InChI is InChI=1S/C11H8BrN3O2/c12-7-1-2-10(14-5-7)15-11(17)8-3-4-13-6-9(8)16/h1-6,16H,(H,14,15,17). The van der Waals surface area contributed by atoms with Gasteiger partial charge in [-0.2, -0.15) is 0 Å². The van der Waals surface area contributed by atoms with Gasteiger partial charge in [0.2, 0.25) is 0 Å². The molecule has 17 heavy (non-hydrogen) atoms. The molecule has 5 nitrogen and oxygen atoms in total. The van der Waals surface area contributed by atoms with Gasteiger partial charge in [0.15, 0.2) is 0 Å². The van der Waals surface area contributed by atoms with Gasteiger partial charge in [0, 0.05) is 16.9 Å². The van der Waals surface area contributed by atoms with E-state index in [9.17, 15) is 9.90 Å². The van der Waals surface area contributed by atoms with Gasteiger partial charge in [-0.15, -0.1) is 0 Å². The molecule has 0 fully saturated rings. The number of pyridine rings is 2. The van der Waals surface area contributed by atoms with Crippen LogP contribution in [-0.4, -0.2) is 21.0 Å². The Morgan fingerprint density at radius 2 is 2.12 bits per heavy atom. The van der Waals surface area contributed by atoms with Crippen molar-refractivity contribution in [1.29, 1.82) is 0 Å². The fourth-order valence-corrected chi connectivity index (χ4v) is 1.45. The molecule has 0 saturated carbocycles. The molecule has 0 aromatic carbocycles. The minimum Gasteiger partial charge on any atom is -0.505 e. The number of aromatic nitrogens is 2. The van der Waals surface area contributed by atoms with E-state index in [0.717, 1.165) is 4.47 Å². The molecular formula is C11H8BrN3O2. The average molecular weight is 294 g/mol. The van der Waals surface area contributed by atoms with Crippen molar-refractivity contribution in [2.75, 3.05) is 5.32 Å². The fraction of sp³-hybridized carbons (Fsp3) is 0. The third-order valence-electron chi connectivity index (χ3n) is 2.01. The Hall–Kier alpha value is -1.95. The van der Waals surface area contributed by atoms with Gasteiger partial charge in [0.1, 0.15) is 11.6 Å². The quantitative estimate of drug-likeness (QED) is 0.890. The van der Waals surface area contributed by atoms with Gasteiger partial charge in [-0.1, -0.05) is 0 Å². The number of nitrogens with zero attached hydrogens (tertiary/aromatic N) is 2. The molecule has 0 bridgehead atoms. The Kier molecular flexibility index (Phi) is 3.34. The number of nitrogens with one attached hydrogen (secondary N) is 1. The molecule has 0 spiro atoms. The normalized spacial score (nSPS) is 9.94. The van der Waals surface area contributed by atoms with Crippen LogP contribution in [0.1, 0.15) is 10.4 Å². The van der Waals surface area contributed by atoms with E-state index in [4.69, 9.17) is 0 Å². The van der Waals surface area contributed by atoms with Crippen molar-refractivity contribution in [2.24, 2.45) is 0 Å². The summed E-state index contributed by atoms with van der Waals surface area (Å²) in [5, 5.41) is 12.0. The summed E-state index contributed by atoms with van der Waals surface area (Å²) in [6.45, 7) is 0. The van der Waals surface area contributed by atoms with Crippen LogP contribution in [0.5, 0.6) is 5.75 Å². The van der Waals surface area contributed by atoms with Gasteiger partial charge in [-0.25, -0.2) is 4.98 Å². The summed E-state index contributed by atoms with van der Waals surface area (Å²) in [4.78, 5) is 19.5. The molecule has 2 aromatic heterocycles. The maximum atomic E-state index is 11.8. The molecule has 0 aliphatic heterocycles. The van der Waals surface area contributed by atoms with Crippen LogP contribution < -0.4 is 5.32 Å². The second-order valence-electron chi connectivity index (χ2n) is 3.21. The predicted octanol–water partition coefficient (Wildman–Crippen LogP) is 2.20. The van der Waals surface area contributed by atoms with E-state index < -0.39 is 5.91 Å². The van der Waals surface area contributed by atoms with Crippen LogP contribution in [0.25, 0.3) is 0 Å². The highest BCUT2D eigenvalue weighted by Crippen LogP contribution is 2.16. The van der Waals surface area contributed by atoms with Crippen LogP contribution in [0.3, 0.4) is 0 Å². The van der Waals surface area contributed by atoms with Crippen molar-refractivity contribution in [3.05, 3.63) is 46.8 Å². The molecule has 0 unspecified atom stereocenters. The Morgan fingerprint density at radius 3 is 2.76 bits per heavy atom. The maximum Gasteiger partial charge on any atom is 0.260 e. The maximum absolute atomic E-state index is 11.8. The van der Waals surface area contributed by atoms with Crippen molar-refractivity contribution in [1.82, 2.24) is 9.97 Å². The highest BCUT2D eigenvalue weighted by molar-refractivity contribution is 9.10. The molecule has 0 atom stereocenters. The van der Waals surface area contributed by atoms with E-state index in [0.29, 0.717) is 5.82 Å². The van der Waals surface area contributed by atoms with E-state index >= 15 is 0 Å². The minimum atomic E-state index is -0.431. The lowest BCUT2D eigenvalue weighted by Gasteiger charge is -2.05. The lowest BCUT2D eigenvalue weighted by Crippen LogP contribution is -2.13. The largest absolute Gasteiger partial charge is 0.505 e. The third kappa shape index (κ3) is 2.79. The number of anilines is 1. The number of rotatable bonds is 2. The molecule has 2 N–H and O–H groups in total. The number of aromatic hydroxyl groups is 1. The topological polar surface area (TPSA) is 75.1 Å². The molecule has 2 aromatic rings. The molecule has 0 aliphatic carbocycles. The van der Waals surface area contributed by atoms with Gasteiger partial charge < -0.3 is 10.4 Å². The van der Waals surface area contributed by atoms with Gasteiger partial charge in [0.05, 0.1) is 11.8 Å². The molecule has 6 heteroatoms. The van der Waals surface area contributed by atoms with Crippen molar-refractivity contribution in [2.45, 2.75) is 0 Å². The Balaban J connectivity index is 2.17. The van der Waals surface area contributed by atoms with Crippen LogP contribution >= 0.6 is 15.9 Å². The number of hydrogen-bond acceptors (Lipinski definition) is 4. The first kappa shape index (κ1) is 11.5. The zero-order valence-corrected chi connectivity index (χ0v) is 10.2. The predicted molar refractivity (Wildman–Crippen MR) is 65.8 cm³/mol.